The van der Waals surface area contributed by atoms with Crippen molar-refractivity contribution >= 4 is 16.9 Å². The van der Waals surface area contributed by atoms with Crippen molar-refractivity contribution < 1.29 is 4.39 Å². The molecule has 2 aliphatic rings. The smallest absolute Gasteiger partial charge is 0.142 e. The second kappa shape index (κ2) is 6.69. The third-order valence-electron chi connectivity index (χ3n) is 5.55. The van der Waals surface area contributed by atoms with E-state index in [4.69, 9.17) is 0 Å². The summed E-state index contributed by atoms with van der Waals surface area (Å²) in [7, 11) is 0. The van der Waals surface area contributed by atoms with Crippen LogP contribution in [0.2, 0.25) is 0 Å². The zero-order valence-corrected chi connectivity index (χ0v) is 15.6. The summed E-state index contributed by atoms with van der Waals surface area (Å²) in [5, 5.41) is 10.3. The van der Waals surface area contributed by atoms with Crippen molar-refractivity contribution in [3.63, 3.8) is 0 Å². The molecule has 3 heterocycles. The highest BCUT2D eigenvalue weighted by Gasteiger charge is 2.34. The summed E-state index contributed by atoms with van der Waals surface area (Å²) >= 11 is 0. The molecular formula is C20H23FN6. The number of nitriles is 1. The molecule has 1 aliphatic carbocycles. The van der Waals surface area contributed by atoms with Gasteiger partial charge in [0.1, 0.15) is 23.6 Å². The number of anilines is 1. The van der Waals surface area contributed by atoms with Crippen molar-refractivity contribution in [3.8, 4) is 6.07 Å². The van der Waals surface area contributed by atoms with Gasteiger partial charge in [-0.3, -0.25) is 0 Å². The molecule has 7 heteroatoms. The first kappa shape index (κ1) is 17.5. The number of H-pyrrole nitrogens is 1. The first-order valence-corrected chi connectivity index (χ1v) is 9.33. The van der Waals surface area contributed by atoms with E-state index in [1.165, 1.54) is 0 Å². The Morgan fingerprint density at radius 3 is 3.07 bits per heavy atom. The summed E-state index contributed by atoms with van der Waals surface area (Å²) < 4.78 is 14.8. The van der Waals surface area contributed by atoms with Crippen LogP contribution >= 0.6 is 0 Å². The Kier molecular flexibility index (Phi) is 4.34. The van der Waals surface area contributed by atoms with E-state index in [-0.39, 0.29) is 18.3 Å². The minimum atomic E-state index is -0.754. The highest BCUT2D eigenvalue weighted by Crippen LogP contribution is 2.37. The number of allylic oxidation sites excluding steroid dienone is 3. The number of halogens is 1. The number of fused-ring (bicyclic) bond motifs is 1. The van der Waals surface area contributed by atoms with Gasteiger partial charge in [-0.1, -0.05) is 6.08 Å². The van der Waals surface area contributed by atoms with E-state index in [0.29, 0.717) is 5.70 Å². The van der Waals surface area contributed by atoms with Gasteiger partial charge >= 0.3 is 0 Å². The largest absolute Gasteiger partial charge is 0.365 e. The lowest BCUT2D eigenvalue weighted by molar-refractivity contribution is 0.271. The Balaban J connectivity index is 1.56. The van der Waals surface area contributed by atoms with Crippen LogP contribution in [-0.4, -0.2) is 45.5 Å². The zero-order chi connectivity index (χ0) is 19.0. The van der Waals surface area contributed by atoms with E-state index in [9.17, 15) is 9.65 Å². The number of likely N-dealkylation sites (N-methyl/N-ethyl adjacent to an activating group) is 1. The normalized spacial score (nSPS) is 25.3. The Hall–Kier alpha value is -2.88. The average Bonchev–Trinajstić information content (AvgIpc) is 3.33. The maximum absolute atomic E-state index is 14.8. The first-order valence-electron chi connectivity index (χ1n) is 9.33. The zero-order valence-electron chi connectivity index (χ0n) is 15.6. The van der Waals surface area contributed by atoms with E-state index in [1.54, 1.807) is 19.3 Å². The summed E-state index contributed by atoms with van der Waals surface area (Å²) in [6.45, 7) is 6.19. The summed E-state index contributed by atoms with van der Waals surface area (Å²) in [5.41, 5.74) is 0.692. The molecule has 2 atom stereocenters. The molecule has 4 rings (SSSR count). The molecule has 2 aromatic rings. The van der Waals surface area contributed by atoms with E-state index in [1.807, 2.05) is 25.3 Å². The SMILES string of the molecule is CCN(C1=C(F)CC(C)(C#N)C=C1)[C@@H]1CCN(c2ncnc3[nH]ccc23)C1. The van der Waals surface area contributed by atoms with E-state index >= 15 is 0 Å². The van der Waals surface area contributed by atoms with E-state index in [0.717, 1.165) is 42.9 Å². The standard InChI is InChI=1S/C20H23FN6/c1-3-27(17-4-7-20(2,12-22)10-16(17)21)14-6-9-26(11-14)19-15-5-8-23-18(15)24-13-25-19/h4-5,7-8,13-14H,3,6,9-11H2,1-2H3,(H,23,24,25)/t14-,20?/m1/s1. The fourth-order valence-electron chi connectivity index (χ4n) is 4.08. The fourth-order valence-corrected chi connectivity index (χ4v) is 4.08. The van der Waals surface area contributed by atoms with Gasteiger partial charge in [-0.05, 0) is 32.4 Å². The number of nitrogens with one attached hydrogen (secondary N) is 1. The molecule has 27 heavy (non-hydrogen) atoms. The first-order chi connectivity index (χ1) is 13.0. The highest BCUT2D eigenvalue weighted by molar-refractivity contribution is 5.87. The number of aromatic amines is 1. The summed E-state index contributed by atoms with van der Waals surface area (Å²) in [5.74, 6) is 0.724. The lowest BCUT2D eigenvalue weighted by Crippen LogP contribution is -2.38. The lowest BCUT2D eigenvalue weighted by atomic mass is 9.83. The van der Waals surface area contributed by atoms with Crippen LogP contribution in [0.15, 0.2) is 42.3 Å². The molecule has 0 radical (unpaired) electrons. The predicted molar refractivity (Wildman–Crippen MR) is 102 cm³/mol. The Morgan fingerprint density at radius 2 is 2.33 bits per heavy atom. The maximum Gasteiger partial charge on any atom is 0.142 e. The van der Waals surface area contributed by atoms with E-state index in [2.05, 4.69) is 30.8 Å². The third-order valence-corrected chi connectivity index (χ3v) is 5.55. The molecule has 1 aliphatic heterocycles. The second-order valence-corrected chi connectivity index (χ2v) is 7.44. The van der Waals surface area contributed by atoms with Crippen LogP contribution in [0.5, 0.6) is 0 Å². The monoisotopic (exact) mass is 366 g/mol. The lowest BCUT2D eigenvalue weighted by Gasteiger charge is -2.34. The fraction of sp³-hybridized carbons (Fsp3) is 0.450. The maximum atomic E-state index is 14.8. The van der Waals surface area contributed by atoms with Crippen molar-refractivity contribution in [2.75, 3.05) is 24.5 Å². The van der Waals surface area contributed by atoms with Crippen molar-refractivity contribution in [2.45, 2.75) is 32.7 Å². The topological polar surface area (TPSA) is 71.8 Å². The van der Waals surface area contributed by atoms with Gasteiger partial charge in [0.2, 0.25) is 0 Å². The molecule has 0 bridgehead atoms. The Morgan fingerprint density at radius 1 is 1.48 bits per heavy atom. The van der Waals surface area contributed by atoms with Crippen LogP contribution in [0.4, 0.5) is 10.2 Å². The van der Waals surface area contributed by atoms with Gasteiger partial charge in [-0.15, -0.1) is 0 Å². The molecule has 1 fully saturated rings. The van der Waals surface area contributed by atoms with Crippen LogP contribution in [0, 0.1) is 16.7 Å². The summed E-state index contributed by atoms with van der Waals surface area (Å²) in [4.78, 5) is 16.2. The van der Waals surface area contributed by atoms with E-state index < -0.39 is 5.41 Å². The van der Waals surface area contributed by atoms with Gasteiger partial charge in [0.25, 0.3) is 0 Å². The van der Waals surface area contributed by atoms with Crippen LogP contribution in [-0.2, 0) is 0 Å². The number of hydrogen-bond acceptors (Lipinski definition) is 5. The quantitative estimate of drug-likeness (QED) is 0.896. The molecule has 0 saturated carbocycles. The highest BCUT2D eigenvalue weighted by atomic mass is 19.1. The molecular weight excluding hydrogens is 343 g/mol. The second-order valence-electron chi connectivity index (χ2n) is 7.44. The van der Waals surface area contributed by atoms with Crippen molar-refractivity contribution in [2.24, 2.45) is 5.41 Å². The number of rotatable bonds is 4. The number of aromatic nitrogens is 3. The van der Waals surface area contributed by atoms with Gasteiger partial charge in [-0.25, -0.2) is 14.4 Å². The van der Waals surface area contributed by atoms with Crippen LogP contribution in [0.25, 0.3) is 11.0 Å². The summed E-state index contributed by atoms with van der Waals surface area (Å²) in [6, 6.07) is 4.39. The number of hydrogen-bond donors (Lipinski definition) is 1. The molecule has 0 aromatic carbocycles. The molecule has 0 amide bonds. The summed E-state index contributed by atoms with van der Waals surface area (Å²) in [6.07, 6.45) is 8.13. The minimum absolute atomic E-state index is 0.137. The van der Waals surface area contributed by atoms with Crippen LogP contribution in [0.1, 0.15) is 26.7 Å². The molecule has 1 N–H and O–H groups in total. The van der Waals surface area contributed by atoms with Crippen molar-refractivity contribution in [1.29, 1.82) is 5.26 Å². The average molecular weight is 366 g/mol. The molecule has 1 saturated heterocycles. The Bertz CT molecular complexity index is 955. The van der Waals surface area contributed by atoms with Gasteiger partial charge in [-0.2, -0.15) is 5.26 Å². The molecule has 1 unspecified atom stereocenters. The van der Waals surface area contributed by atoms with Crippen molar-refractivity contribution in [3.05, 3.63) is 42.3 Å². The van der Waals surface area contributed by atoms with Crippen molar-refractivity contribution in [1.82, 2.24) is 19.9 Å². The minimum Gasteiger partial charge on any atom is -0.365 e. The Labute approximate surface area is 158 Å². The third kappa shape index (κ3) is 3.05. The molecule has 6 nitrogen and oxygen atoms in total. The predicted octanol–water partition coefficient (Wildman–Crippen LogP) is 3.53. The van der Waals surface area contributed by atoms with Gasteiger partial charge < -0.3 is 14.8 Å². The van der Waals surface area contributed by atoms with Crippen LogP contribution in [0.3, 0.4) is 0 Å². The number of nitrogens with zero attached hydrogens (tertiary/aromatic N) is 5. The molecule has 2 aromatic heterocycles. The molecule has 0 spiro atoms. The van der Waals surface area contributed by atoms with Gasteiger partial charge in [0, 0.05) is 38.3 Å². The van der Waals surface area contributed by atoms with Crippen LogP contribution < -0.4 is 4.90 Å². The van der Waals surface area contributed by atoms with Gasteiger partial charge in [0.05, 0.1) is 22.6 Å². The molecule has 140 valence electrons. The van der Waals surface area contributed by atoms with Gasteiger partial charge in [0.15, 0.2) is 0 Å².